The van der Waals surface area contributed by atoms with E-state index >= 15 is 0 Å². The molecule has 28 heavy (non-hydrogen) atoms. The van der Waals surface area contributed by atoms with Crippen LogP contribution in [0.15, 0.2) is 11.1 Å². The van der Waals surface area contributed by atoms with Crippen LogP contribution in [0.5, 0.6) is 0 Å². The minimum atomic E-state index is -4.80. The lowest BCUT2D eigenvalue weighted by atomic mass is 10.1. The normalized spacial score (nSPS) is 28.0. The first-order valence-electron chi connectivity index (χ1n) is 7.46. The first-order valence-corrected chi connectivity index (χ1v) is 12.2. The van der Waals surface area contributed by atoms with Crippen LogP contribution in [0.2, 0.25) is 5.15 Å². The number of ether oxygens (including phenoxy) is 1. The molecule has 0 aromatic carbocycles. The minimum Gasteiger partial charge on any atom is -0.387 e. The molecular formula is C11H14BrClN4O9P2. The molecule has 156 valence electrons. The van der Waals surface area contributed by atoms with Crippen molar-refractivity contribution in [1.29, 1.82) is 0 Å². The summed E-state index contributed by atoms with van der Waals surface area (Å²) in [5, 5.41) is 20.5. The maximum Gasteiger partial charge on any atom is 0.340 e. The Balaban J connectivity index is 1.78. The van der Waals surface area contributed by atoms with Gasteiger partial charge in [-0.25, -0.2) is 15.0 Å². The Morgan fingerprint density at radius 3 is 2.57 bits per heavy atom. The summed E-state index contributed by atoms with van der Waals surface area (Å²) in [5.74, 6) is -1.38. The molecule has 3 heterocycles. The van der Waals surface area contributed by atoms with E-state index in [0.717, 1.165) is 0 Å². The molecule has 0 radical (unpaired) electrons. The molecule has 1 aliphatic rings. The lowest BCUT2D eigenvalue weighted by Crippen LogP contribution is -2.33. The van der Waals surface area contributed by atoms with E-state index in [-0.39, 0.29) is 21.1 Å². The van der Waals surface area contributed by atoms with Gasteiger partial charge in [0.15, 0.2) is 27.7 Å². The van der Waals surface area contributed by atoms with E-state index in [4.69, 9.17) is 26.1 Å². The molecule has 1 unspecified atom stereocenters. The van der Waals surface area contributed by atoms with Crippen molar-refractivity contribution >= 4 is 53.9 Å². The number of hydrogen-bond donors (Lipinski definition) is 5. The van der Waals surface area contributed by atoms with Gasteiger partial charge < -0.3 is 34.2 Å². The van der Waals surface area contributed by atoms with Crippen LogP contribution >= 0.6 is 42.7 Å². The molecule has 2 aromatic heterocycles. The molecule has 2 aromatic rings. The van der Waals surface area contributed by atoms with Gasteiger partial charge in [0, 0.05) is 0 Å². The molecule has 5 N–H and O–H groups in total. The van der Waals surface area contributed by atoms with Crippen molar-refractivity contribution in [3.8, 4) is 0 Å². The van der Waals surface area contributed by atoms with Gasteiger partial charge in [-0.2, -0.15) is 0 Å². The number of aliphatic hydroxyl groups excluding tert-OH is 2. The second-order valence-corrected chi connectivity index (χ2v) is 11.0. The van der Waals surface area contributed by atoms with Crippen LogP contribution in [-0.4, -0.2) is 75.2 Å². The molecule has 0 spiro atoms. The van der Waals surface area contributed by atoms with Gasteiger partial charge in [-0.1, -0.05) is 11.6 Å². The number of aliphatic hydroxyl groups is 2. The molecule has 5 atom stereocenters. The van der Waals surface area contributed by atoms with E-state index in [1.54, 1.807) is 0 Å². The summed E-state index contributed by atoms with van der Waals surface area (Å²) in [4.78, 5) is 39.1. The number of halogens is 2. The van der Waals surface area contributed by atoms with Crippen LogP contribution in [-0.2, 0) is 18.4 Å². The van der Waals surface area contributed by atoms with Gasteiger partial charge in [0.1, 0.15) is 23.8 Å². The van der Waals surface area contributed by atoms with Crippen molar-refractivity contribution in [2.75, 3.05) is 12.5 Å². The molecule has 0 amide bonds. The summed E-state index contributed by atoms with van der Waals surface area (Å²) in [6, 6.07) is 0. The number of aromatic nitrogens is 4. The Morgan fingerprint density at radius 2 is 1.93 bits per heavy atom. The summed E-state index contributed by atoms with van der Waals surface area (Å²) < 4.78 is 34.2. The molecule has 1 aliphatic heterocycles. The van der Waals surface area contributed by atoms with Crippen molar-refractivity contribution in [3.05, 3.63) is 16.2 Å². The Bertz CT molecular complexity index is 986. The zero-order valence-electron chi connectivity index (χ0n) is 13.6. The first-order chi connectivity index (χ1) is 12.9. The fraction of sp³-hybridized carbons (Fsp3) is 0.545. The van der Waals surface area contributed by atoms with E-state index in [1.165, 1.54) is 10.9 Å². The highest BCUT2D eigenvalue weighted by molar-refractivity contribution is 9.10. The summed E-state index contributed by atoms with van der Waals surface area (Å²) in [6.45, 7) is -0.700. The fourth-order valence-corrected chi connectivity index (χ4v) is 5.83. The average molecular weight is 524 g/mol. The maximum absolute atomic E-state index is 11.7. The van der Waals surface area contributed by atoms with Crippen molar-refractivity contribution in [3.63, 3.8) is 0 Å². The van der Waals surface area contributed by atoms with Crippen LogP contribution in [0.3, 0.4) is 0 Å². The number of rotatable bonds is 6. The third-order valence-corrected chi connectivity index (χ3v) is 7.84. The summed E-state index contributed by atoms with van der Waals surface area (Å²) in [7, 11) is -9.44. The van der Waals surface area contributed by atoms with Crippen molar-refractivity contribution in [1.82, 2.24) is 19.5 Å². The van der Waals surface area contributed by atoms with Gasteiger partial charge >= 0.3 is 15.2 Å². The van der Waals surface area contributed by atoms with E-state index in [9.17, 15) is 24.2 Å². The van der Waals surface area contributed by atoms with Crippen LogP contribution in [0, 0.1) is 0 Å². The van der Waals surface area contributed by atoms with Gasteiger partial charge in [-0.15, -0.1) is 0 Å². The van der Waals surface area contributed by atoms with Gasteiger partial charge in [0.05, 0.1) is 12.9 Å². The quantitative estimate of drug-likeness (QED) is 0.196. The van der Waals surface area contributed by atoms with Crippen molar-refractivity contribution in [2.45, 2.75) is 24.5 Å². The zero-order chi connectivity index (χ0) is 20.9. The van der Waals surface area contributed by atoms with Gasteiger partial charge in [0.25, 0.3) is 0 Å². The smallest absolute Gasteiger partial charge is 0.340 e. The fourth-order valence-electron chi connectivity index (χ4n) is 2.60. The lowest BCUT2D eigenvalue weighted by Gasteiger charge is -2.18. The number of nitrogens with zero attached hydrogens (tertiary/aromatic N) is 4. The Labute approximate surface area is 170 Å². The second kappa shape index (κ2) is 7.97. The minimum absolute atomic E-state index is 0.0437. The summed E-state index contributed by atoms with van der Waals surface area (Å²) in [5.41, 5.74) is 0.412. The van der Waals surface area contributed by atoms with Crippen LogP contribution in [0.25, 0.3) is 11.2 Å². The average Bonchev–Trinajstić information content (AvgIpc) is 3.06. The Hall–Kier alpha value is -0.500. The maximum atomic E-state index is 11.7. The predicted octanol–water partition coefficient (Wildman–Crippen LogP) is 0.199. The molecule has 13 nitrogen and oxygen atoms in total. The Morgan fingerprint density at radius 1 is 1.25 bits per heavy atom. The van der Waals surface area contributed by atoms with E-state index in [0.29, 0.717) is 0 Å². The lowest BCUT2D eigenvalue weighted by molar-refractivity contribution is -0.0483. The highest BCUT2D eigenvalue weighted by atomic mass is 79.9. The molecule has 3 rings (SSSR count). The van der Waals surface area contributed by atoms with Gasteiger partial charge in [-0.05, 0) is 15.9 Å². The highest BCUT2D eigenvalue weighted by Crippen LogP contribution is 2.55. The number of fused-ring (bicyclic) bond motifs is 1. The predicted molar refractivity (Wildman–Crippen MR) is 96.6 cm³/mol. The zero-order valence-corrected chi connectivity index (χ0v) is 17.7. The molecule has 1 saturated heterocycles. The van der Waals surface area contributed by atoms with Crippen molar-refractivity contribution in [2.24, 2.45) is 0 Å². The standard InChI is InChI=1S/C11H14BrClN4O9P2/c12-11-15-8(13)5-9(16-11)17(2-14-5)10-7(19)6(18)4(26-10)1-25-28(23,24)3-27(20,21)22/h2,4,6-7,10,18-19H,1,3H2,(H,23,24)(H2,20,21,22)/t4-,6+,7+,10-/m1/s1. The molecule has 0 saturated carbocycles. The van der Waals surface area contributed by atoms with Crippen molar-refractivity contribution < 1.29 is 43.3 Å². The largest absolute Gasteiger partial charge is 0.387 e. The topological polar surface area (TPSA) is 197 Å². The number of imidazole rings is 1. The third kappa shape index (κ3) is 4.79. The number of hydrogen-bond acceptors (Lipinski definition) is 9. The van der Waals surface area contributed by atoms with Gasteiger partial charge in [0.2, 0.25) is 0 Å². The molecule has 1 fully saturated rings. The van der Waals surface area contributed by atoms with E-state index < -0.39 is 52.2 Å². The third-order valence-electron chi connectivity index (χ3n) is 3.77. The van der Waals surface area contributed by atoms with Crippen LogP contribution in [0.4, 0.5) is 0 Å². The molecule has 17 heteroatoms. The van der Waals surface area contributed by atoms with Gasteiger partial charge in [-0.3, -0.25) is 13.7 Å². The summed E-state index contributed by atoms with van der Waals surface area (Å²) in [6.07, 6.45) is -4.22. The molecule has 0 bridgehead atoms. The first kappa shape index (κ1) is 22.2. The Kier molecular flexibility index (Phi) is 6.32. The molecular weight excluding hydrogens is 509 g/mol. The SMILES string of the molecule is O=P(O)(O)CP(=O)(O)OC[C@H]1O[C@@H](n2cnc3c(Cl)nc(Br)nc32)[C@@H](O)[C@H]1O. The monoisotopic (exact) mass is 522 g/mol. The van der Waals surface area contributed by atoms with Crippen LogP contribution < -0.4 is 0 Å². The van der Waals surface area contributed by atoms with E-state index in [2.05, 4.69) is 35.4 Å². The van der Waals surface area contributed by atoms with E-state index in [1.807, 2.05) is 0 Å². The molecule has 0 aliphatic carbocycles. The summed E-state index contributed by atoms with van der Waals surface area (Å²) >= 11 is 9.05. The second-order valence-electron chi connectivity index (χ2n) is 5.89. The van der Waals surface area contributed by atoms with Crippen LogP contribution in [0.1, 0.15) is 6.23 Å². The highest BCUT2D eigenvalue weighted by Gasteiger charge is 2.45.